The van der Waals surface area contributed by atoms with Crippen LogP contribution in [0, 0.1) is 9.49 Å². The molecule has 0 aliphatic rings. The maximum absolute atomic E-state index is 13.5. The molecule has 0 unspecified atom stereocenters. The summed E-state index contributed by atoms with van der Waals surface area (Å²) in [6.07, 6.45) is 0.396. The van der Waals surface area contributed by atoms with Gasteiger partial charge in [-0.25, -0.2) is 0 Å². The molecule has 184 valence electrons. The van der Waals surface area contributed by atoms with Gasteiger partial charge in [-0.3, -0.25) is 9.59 Å². The Labute approximate surface area is 226 Å². The van der Waals surface area contributed by atoms with Gasteiger partial charge in [-0.15, -0.1) is 0 Å². The summed E-state index contributed by atoms with van der Waals surface area (Å²) < 4.78 is 6.87. The third-order valence-electron chi connectivity index (χ3n) is 5.40. The average Bonchev–Trinajstić information content (AvgIpc) is 2.86. The number of hydrogen-bond donors (Lipinski definition) is 1. The van der Waals surface area contributed by atoms with Crippen LogP contribution in [0.3, 0.4) is 0 Å². The number of halogens is 2. The smallest absolute Gasteiger partial charge is 0.261 e. The van der Waals surface area contributed by atoms with Crippen LogP contribution in [-0.2, 0) is 22.6 Å². The summed E-state index contributed by atoms with van der Waals surface area (Å²) in [5, 5.41) is 3.63. The highest BCUT2D eigenvalue weighted by Crippen LogP contribution is 2.18. The van der Waals surface area contributed by atoms with Gasteiger partial charge in [0.2, 0.25) is 5.91 Å². The minimum atomic E-state index is -0.695. The van der Waals surface area contributed by atoms with Gasteiger partial charge in [0.25, 0.3) is 5.91 Å². The molecule has 0 radical (unpaired) electrons. The minimum absolute atomic E-state index is 0.170. The van der Waals surface area contributed by atoms with Gasteiger partial charge in [-0.05, 0) is 76.0 Å². The highest BCUT2D eigenvalue weighted by Gasteiger charge is 2.30. The Kier molecular flexibility index (Phi) is 10.4. The van der Waals surface area contributed by atoms with Crippen LogP contribution in [0.2, 0.25) is 5.02 Å². The first-order valence-corrected chi connectivity index (χ1v) is 13.0. The first kappa shape index (κ1) is 27.0. The largest absolute Gasteiger partial charge is 0.484 e. The van der Waals surface area contributed by atoms with Gasteiger partial charge < -0.3 is 15.0 Å². The van der Waals surface area contributed by atoms with E-state index in [9.17, 15) is 9.59 Å². The normalized spacial score (nSPS) is 11.7. The van der Waals surface area contributed by atoms with E-state index in [0.717, 1.165) is 14.7 Å². The van der Waals surface area contributed by atoms with Crippen molar-refractivity contribution in [1.29, 1.82) is 0 Å². The summed E-state index contributed by atoms with van der Waals surface area (Å²) >= 11 is 8.28. The van der Waals surface area contributed by atoms with E-state index in [2.05, 4.69) is 27.9 Å². The summed E-state index contributed by atoms with van der Waals surface area (Å²) in [6, 6.07) is 23.8. The molecule has 7 heteroatoms. The predicted octanol–water partition coefficient (Wildman–Crippen LogP) is 5.74. The number of nitrogens with one attached hydrogen (secondary N) is 1. The van der Waals surface area contributed by atoms with Crippen LogP contribution in [0.4, 0.5) is 0 Å². The zero-order valence-corrected chi connectivity index (χ0v) is 22.8. The Balaban J connectivity index is 1.88. The molecular weight excluding hydrogens is 575 g/mol. The number of carbonyl (C=O) groups is 2. The van der Waals surface area contributed by atoms with E-state index >= 15 is 0 Å². The molecular formula is C28H30ClIN2O3. The van der Waals surface area contributed by atoms with Gasteiger partial charge in [-0.2, -0.15) is 0 Å². The van der Waals surface area contributed by atoms with Crippen molar-refractivity contribution in [3.05, 3.63) is 98.6 Å². The number of hydrogen-bond acceptors (Lipinski definition) is 3. The summed E-state index contributed by atoms with van der Waals surface area (Å²) in [7, 11) is 0. The SMILES string of the molecule is CC(C)CNC(=O)[C@H](Cc1ccccc1)N(Cc1ccc(Cl)cc1)C(=O)COc1ccc(I)cc1. The molecule has 0 fully saturated rings. The van der Waals surface area contributed by atoms with Crippen molar-refractivity contribution >= 4 is 46.0 Å². The zero-order chi connectivity index (χ0) is 25.2. The number of nitrogens with zero attached hydrogens (tertiary/aromatic N) is 1. The highest BCUT2D eigenvalue weighted by molar-refractivity contribution is 14.1. The summed E-state index contributed by atoms with van der Waals surface area (Å²) in [5.74, 6) is 0.452. The van der Waals surface area contributed by atoms with Crippen molar-refractivity contribution in [3.8, 4) is 5.75 Å². The van der Waals surface area contributed by atoms with E-state index in [-0.39, 0.29) is 25.0 Å². The van der Waals surface area contributed by atoms with Crippen molar-refractivity contribution < 1.29 is 14.3 Å². The number of benzene rings is 3. The summed E-state index contributed by atoms with van der Waals surface area (Å²) in [6.45, 7) is 4.71. The van der Waals surface area contributed by atoms with Crippen LogP contribution in [0.15, 0.2) is 78.9 Å². The maximum atomic E-state index is 13.5. The van der Waals surface area contributed by atoms with Crippen LogP contribution in [0.25, 0.3) is 0 Å². The maximum Gasteiger partial charge on any atom is 0.261 e. The van der Waals surface area contributed by atoms with Crippen molar-refractivity contribution in [2.75, 3.05) is 13.2 Å². The molecule has 3 aromatic carbocycles. The highest BCUT2D eigenvalue weighted by atomic mass is 127. The van der Waals surface area contributed by atoms with Crippen molar-refractivity contribution in [1.82, 2.24) is 10.2 Å². The monoisotopic (exact) mass is 604 g/mol. The van der Waals surface area contributed by atoms with Gasteiger partial charge >= 0.3 is 0 Å². The molecule has 0 saturated heterocycles. The van der Waals surface area contributed by atoms with Gasteiger partial charge in [0.15, 0.2) is 6.61 Å². The Bertz CT molecular complexity index is 1090. The molecule has 0 heterocycles. The lowest BCUT2D eigenvalue weighted by Crippen LogP contribution is -2.52. The lowest BCUT2D eigenvalue weighted by molar-refractivity contribution is -0.142. The van der Waals surface area contributed by atoms with Crippen LogP contribution >= 0.6 is 34.2 Å². The van der Waals surface area contributed by atoms with E-state index in [1.54, 1.807) is 17.0 Å². The first-order chi connectivity index (χ1) is 16.8. The van der Waals surface area contributed by atoms with E-state index < -0.39 is 6.04 Å². The number of rotatable bonds is 11. The van der Waals surface area contributed by atoms with Crippen molar-refractivity contribution in [2.24, 2.45) is 5.92 Å². The molecule has 0 aromatic heterocycles. The van der Waals surface area contributed by atoms with E-state index in [1.807, 2.05) is 80.6 Å². The first-order valence-electron chi connectivity index (χ1n) is 11.6. The van der Waals surface area contributed by atoms with Crippen LogP contribution in [0.5, 0.6) is 5.75 Å². The summed E-state index contributed by atoms with van der Waals surface area (Å²) in [4.78, 5) is 28.5. The molecule has 5 nitrogen and oxygen atoms in total. The Morgan fingerprint density at radius 2 is 1.60 bits per heavy atom. The molecule has 0 aliphatic carbocycles. The van der Waals surface area contributed by atoms with Crippen LogP contribution in [-0.4, -0.2) is 35.9 Å². The van der Waals surface area contributed by atoms with E-state index in [4.69, 9.17) is 16.3 Å². The fourth-order valence-corrected chi connectivity index (χ4v) is 4.01. The molecule has 0 bridgehead atoms. The van der Waals surface area contributed by atoms with Gasteiger partial charge in [0.05, 0.1) is 0 Å². The average molecular weight is 605 g/mol. The minimum Gasteiger partial charge on any atom is -0.484 e. The topological polar surface area (TPSA) is 58.6 Å². The predicted molar refractivity (Wildman–Crippen MR) is 148 cm³/mol. The molecule has 35 heavy (non-hydrogen) atoms. The quantitative estimate of drug-likeness (QED) is 0.284. The standard InChI is InChI=1S/C28H30ClIN2O3/c1-20(2)17-31-28(34)26(16-21-6-4-3-5-7-21)32(18-22-8-10-23(29)11-9-22)27(33)19-35-25-14-12-24(30)13-15-25/h3-15,20,26H,16-19H2,1-2H3,(H,31,34)/t26-/m0/s1. The number of ether oxygens (including phenoxy) is 1. The van der Waals surface area contributed by atoms with Crippen LogP contribution in [0.1, 0.15) is 25.0 Å². The summed E-state index contributed by atoms with van der Waals surface area (Å²) in [5.41, 5.74) is 1.86. The molecule has 0 aliphatic heterocycles. The Morgan fingerprint density at radius 3 is 2.23 bits per heavy atom. The second kappa shape index (κ2) is 13.5. The number of carbonyl (C=O) groups excluding carboxylic acids is 2. The molecule has 1 N–H and O–H groups in total. The zero-order valence-electron chi connectivity index (χ0n) is 19.9. The van der Waals surface area contributed by atoms with Crippen molar-refractivity contribution in [3.63, 3.8) is 0 Å². The molecule has 0 spiro atoms. The lowest BCUT2D eigenvalue weighted by Gasteiger charge is -2.31. The van der Waals surface area contributed by atoms with Crippen molar-refractivity contribution in [2.45, 2.75) is 32.9 Å². The fraction of sp³-hybridized carbons (Fsp3) is 0.286. The Morgan fingerprint density at radius 1 is 0.943 bits per heavy atom. The van der Waals surface area contributed by atoms with Gasteiger partial charge in [0.1, 0.15) is 11.8 Å². The van der Waals surface area contributed by atoms with E-state index in [1.165, 1.54) is 0 Å². The molecule has 3 aromatic rings. The van der Waals surface area contributed by atoms with Gasteiger partial charge in [0, 0.05) is 28.1 Å². The molecule has 0 saturated carbocycles. The van der Waals surface area contributed by atoms with Gasteiger partial charge in [-0.1, -0.05) is 67.9 Å². The Hall–Kier alpha value is -2.58. The molecule has 1 atom stereocenters. The molecule has 2 amide bonds. The third kappa shape index (κ3) is 8.85. The molecule has 3 rings (SSSR count). The lowest BCUT2D eigenvalue weighted by atomic mass is 10.0. The third-order valence-corrected chi connectivity index (χ3v) is 6.37. The second-order valence-corrected chi connectivity index (χ2v) is 10.4. The number of amides is 2. The van der Waals surface area contributed by atoms with E-state index in [0.29, 0.717) is 29.7 Å². The fourth-order valence-electron chi connectivity index (χ4n) is 3.52. The van der Waals surface area contributed by atoms with Crippen LogP contribution < -0.4 is 10.1 Å². The second-order valence-electron chi connectivity index (χ2n) is 8.74.